The zero-order valence-electron chi connectivity index (χ0n) is 10.2. The summed E-state index contributed by atoms with van der Waals surface area (Å²) in [5.41, 5.74) is 5.53. The minimum Gasteiger partial charge on any atom is -0.478 e. The van der Waals surface area contributed by atoms with E-state index < -0.39 is 11.8 Å². The Balaban J connectivity index is 2.11. The van der Waals surface area contributed by atoms with Crippen LogP contribution in [0.5, 0.6) is 0 Å². The van der Waals surface area contributed by atoms with Crippen LogP contribution in [0, 0.1) is 17.7 Å². The molecule has 2 rings (SSSR count). The summed E-state index contributed by atoms with van der Waals surface area (Å²) in [4.78, 5) is 10.9. The topological polar surface area (TPSA) is 75.3 Å². The van der Waals surface area contributed by atoms with Crippen LogP contribution in [0.2, 0.25) is 0 Å². The third-order valence-corrected chi connectivity index (χ3v) is 3.41. The largest absolute Gasteiger partial charge is 0.478 e. The molecule has 1 aromatic carbocycles. The Morgan fingerprint density at radius 1 is 1.61 bits per heavy atom. The van der Waals surface area contributed by atoms with Crippen molar-refractivity contribution >= 4 is 17.3 Å². The lowest BCUT2D eigenvalue weighted by Gasteiger charge is -2.14. The summed E-state index contributed by atoms with van der Waals surface area (Å²) in [6.07, 6.45) is 2.46. The Bertz CT molecular complexity index is 472. The number of hydrogen-bond acceptors (Lipinski definition) is 3. The van der Waals surface area contributed by atoms with Crippen LogP contribution in [0.15, 0.2) is 12.1 Å². The maximum atomic E-state index is 13.6. The van der Waals surface area contributed by atoms with Gasteiger partial charge in [0.1, 0.15) is 5.82 Å². The Labute approximate surface area is 105 Å². The van der Waals surface area contributed by atoms with Gasteiger partial charge in [-0.2, -0.15) is 0 Å². The molecule has 0 heterocycles. The van der Waals surface area contributed by atoms with Gasteiger partial charge in [0.25, 0.3) is 0 Å². The molecular formula is C13H17FN2O2. The van der Waals surface area contributed by atoms with Crippen LogP contribution < -0.4 is 11.1 Å². The molecule has 0 aromatic heterocycles. The standard InChI is InChI=1S/C13H17FN2O2/c1-7(8-2-3-8)6-16-12-4-9(13(17)18)11(15)5-10(12)14/h4-5,7-8,16H,2-3,6,15H2,1H3,(H,17,18). The van der Waals surface area contributed by atoms with Gasteiger partial charge in [0.2, 0.25) is 0 Å². The van der Waals surface area contributed by atoms with E-state index in [9.17, 15) is 9.18 Å². The van der Waals surface area contributed by atoms with Gasteiger partial charge in [-0.3, -0.25) is 0 Å². The number of carboxylic acid groups (broad SMARTS) is 1. The molecule has 0 bridgehead atoms. The summed E-state index contributed by atoms with van der Waals surface area (Å²) < 4.78 is 13.6. The number of carboxylic acids is 1. The van der Waals surface area contributed by atoms with Crippen LogP contribution in [0.1, 0.15) is 30.1 Å². The van der Waals surface area contributed by atoms with Gasteiger partial charge in [0.15, 0.2) is 0 Å². The number of anilines is 2. The lowest BCUT2D eigenvalue weighted by atomic mass is 10.1. The van der Waals surface area contributed by atoms with Crippen molar-refractivity contribution in [2.24, 2.45) is 11.8 Å². The molecule has 1 saturated carbocycles. The van der Waals surface area contributed by atoms with Gasteiger partial charge in [-0.15, -0.1) is 0 Å². The first-order chi connectivity index (χ1) is 8.49. The van der Waals surface area contributed by atoms with Crippen molar-refractivity contribution in [3.8, 4) is 0 Å². The van der Waals surface area contributed by atoms with E-state index in [-0.39, 0.29) is 16.9 Å². The quantitative estimate of drug-likeness (QED) is 0.704. The van der Waals surface area contributed by atoms with Gasteiger partial charge in [0, 0.05) is 12.2 Å². The maximum absolute atomic E-state index is 13.6. The van der Waals surface area contributed by atoms with Gasteiger partial charge in [-0.05, 0) is 36.8 Å². The van der Waals surface area contributed by atoms with Crippen molar-refractivity contribution in [1.82, 2.24) is 0 Å². The van der Waals surface area contributed by atoms with Crippen LogP contribution in [0.25, 0.3) is 0 Å². The van der Waals surface area contributed by atoms with E-state index in [2.05, 4.69) is 12.2 Å². The molecule has 0 saturated heterocycles. The van der Waals surface area contributed by atoms with Crippen molar-refractivity contribution in [2.75, 3.05) is 17.6 Å². The summed E-state index contributed by atoms with van der Waals surface area (Å²) >= 11 is 0. The molecule has 1 aliphatic rings. The van der Waals surface area contributed by atoms with Gasteiger partial charge in [-0.1, -0.05) is 6.92 Å². The SMILES string of the molecule is CC(CNc1cc(C(=O)O)c(N)cc1F)C1CC1. The highest BCUT2D eigenvalue weighted by Gasteiger charge is 2.27. The smallest absolute Gasteiger partial charge is 0.337 e. The highest BCUT2D eigenvalue weighted by Crippen LogP contribution is 2.36. The van der Waals surface area contributed by atoms with Gasteiger partial charge < -0.3 is 16.2 Å². The van der Waals surface area contributed by atoms with Crippen molar-refractivity contribution in [2.45, 2.75) is 19.8 Å². The molecule has 0 aliphatic heterocycles. The molecule has 4 nitrogen and oxygen atoms in total. The zero-order valence-corrected chi connectivity index (χ0v) is 10.2. The Morgan fingerprint density at radius 2 is 2.28 bits per heavy atom. The Morgan fingerprint density at radius 3 is 2.83 bits per heavy atom. The third kappa shape index (κ3) is 2.72. The van der Waals surface area contributed by atoms with E-state index >= 15 is 0 Å². The average Bonchev–Trinajstić information content (AvgIpc) is 3.10. The average molecular weight is 252 g/mol. The molecule has 18 heavy (non-hydrogen) atoms. The number of nitrogen functional groups attached to an aromatic ring is 1. The second kappa shape index (κ2) is 4.84. The molecule has 1 aromatic rings. The summed E-state index contributed by atoms with van der Waals surface area (Å²) in [5.74, 6) is -0.477. The van der Waals surface area contributed by atoms with Crippen LogP contribution in [0.4, 0.5) is 15.8 Å². The number of nitrogens with two attached hydrogens (primary N) is 1. The molecule has 4 N–H and O–H groups in total. The van der Waals surface area contributed by atoms with Gasteiger partial charge in [-0.25, -0.2) is 9.18 Å². The van der Waals surface area contributed by atoms with Crippen molar-refractivity contribution in [1.29, 1.82) is 0 Å². The fourth-order valence-corrected chi connectivity index (χ4v) is 2.01. The van der Waals surface area contributed by atoms with Crippen molar-refractivity contribution < 1.29 is 14.3 Å². The number of hydrogen-bond donors (Lipinski definition) is 3. The number of benzene rings is 1. The minimum absolute atomic E-state index is 0.0548. The molecular weight excluding hydrogens is 235 g/mol. The molecule has 5 heteroatoms. The van der Waals surface area contributed by atoms with E-state index in [1.807, 2.05) is 0 Å². The van der Waals surface area contributed by atoms with E-state index in [0.717, 1.165) is 6.07 Å². The summed E-state index contributed by atoms with van der Waals surface area (Å²) in [6.45, 7) is 2.75. The minimum atomic E-state index is -1.15. The Hall–Kier alpha value is -1.78. The number of rotatable bonds is 5. The monoisotopic (exact) mass is 252 g/mol. The number of aromatic carboxylic acids is 1. The highest BCUT2D eigenvalue weighted by molar-refractivity contribution is 5.94. The molecule has 1 atom stereocenters. The van der Waals surface area contributed by atoms with Crippen LogP contribution >= 0.6 is 0 Å². The van der Waals surface area contributed by atoms with Gasteiger partial charge >= 0.3 is 5.97 Å². The summed E-state index contributed by atoms with van der Waals surface area (Å²) in [7, 11) is 0. The highest BCUT2D eigenvalue weighted by atomic mass is 19.1. The lowest BCUT2D eigenvalue weighted by Crippen LogP contribution is -2.14. The number of nitrogens with one attached hydrogen (secondary N) is 1. The van der Waals surface area contributed by atoms with E-state index in [1.54, 1.807) is 0 Å². The molecule has 98 valence electrons. The maximum Gasteiger partial charge on any atom is 0.337 e. The second-order valence-corrected chi connectivity index (χ2v) is 4.92. The van der Waals surface area contributed by atoms with Crippen LogP contribution in [-0.4, -0.2) is 17.6 Å². The molecule has 1 aliphatic carbocycles. The molecule has 0 radical (unpaired) electrons. The lowest BCUT2D eigenvalue weighted by molar-refractivity contribution is 0.0698. The molecule has 0 amide bonds. The number of carbonyl (C=O) groups is 1. The first kappa shape index (κ1) is 12.7. The van der Waals surface area contributed by atoms with Gasteiger partial charge in [0.05, 0.1) is 11.3 Å². The predicted molar refractivity (Wildman–Crippen MR) is 68.1 cm³/mol. The van der Waals surface area contributed by atoms with E-state index in [0.29, 0.717) is 18.4 Å². The first-order valence-electron chi connectivity index (χ1n) is 6.05. The second-order valence-electron chi connectivity index (χ2n) is 4.92. The summed E-state index contributed by atoms with van der Waals surface area (Å²) in [5, 5.41) is 11.9. The van der Waals surface area contributed by atoms with Crippen molar-refractivity contribution in [3.05, 3.63) is 23.5 Å². The van der Waals surface area contributed by atoms with Crippen LogP contribution in [-0.2, 0) is 0 Å². The Kier molecular flexibility index (Phi) is 3.41. The molecule has 1 unspecified atom stereocenters. The fourth-order valence-electron chi connectivity index (χ4n) is 2.01. The zero-order chi connectivity index (χ0) is 13.3. The summed E-state index contributed by atoms with van der Waals surface area (Å²) in [6, 6.07) is 2.31. The molecule has 0 spiro atoms. The predicted octanol–water partition coefficient (Wildman–Crippen LogP) is 2.56. The van der Waals surface area contributed by atoms with Crippen LogP contribution in [0.3, 0.4) is 0 Å². The van der Waals surface area contributed by atoms with Crippen molar-refractivity contribution in [3.63, 3.8) is 0 Å². The third-order valence-electron chi connectivity index (χ3n) is 3.41. The van der Waals surface area contributed by atoms with E-state index in [1.165, 1.54) is 18.9 Å². The molecule has 1 fully saturated rings. The number of halogens is 1. The first-order valence-corrected chi connectivity index (χ1v) is 6.05. The normalized spacial score (nSPS) is 16.3. The van der Waals surface area contributed by atoms with E-state index in [4.69, 9.17) is 10.8 Å². The fraction of sp³-hybridized carbons (Fsp3) is 0.462.